The number of amides is 2. The molecule has 2 rings (SSSR count). The van der Waals surface area contributed by atoms with Crippen molar-refractivity contribution >= 4 is 24.4 Å². The molecule has 7 atom stereocenters. The van der Waals surface area contributed by atoms with Gasteiger partial charge in [-0.2, -0.15) is 5.75 Å². The fourth-order valence-corrected chi connectivity index (χ4v) is 8.35. The van der Waals surface area contributed by atoms with E-state index in [1.54, 1.807) is 13.2 Å². The van der Waals surface area contributed by atoms with Gasteiger partial charge in [0.1, 0.15) is 12.0 Å². The van der Waals surface area contributed by atoms with Gasteiger partial charge in [0.2, 0.25) is 11.8 Å². The fraction of sp³-hybridized carbons (Fsp3) is 0.708. The first-order valence-electron chi connectivity index (χ1n) is 22.3. The Morgan fingerprint density at radius 3 is 2.08 bits per heavy atom. The Bertz CT molecular complexity index is 1400. The molecule has 3 N–H and O–H groups in total. The van der Waals surface area contributed by atoms with Crippen molar-refractivity contribution in [2.24, 2.45) is 23.7 Å². The average molecular weight is 1020 g/mol. The van der Waals surface area contributed by atoms with Crippen molar-refractivity contribution in [1.82, 2.24) is 25.3 Å². The number of methoxy groups -OCH3 is 1. The van der Waals surface area contributed by atoms with Gasteiger partial charge in [-0.15, -0.1) is 0 Å². The van der Waals surface area contributed by atoms with Crippen molar-refractivity contribution < 1.29 is 39.5 Å². The molecule has 0 aliphatic heterocycles. The van der Waals surface area contributed by atoms with Gasteiger partial charge in [-0.1, -0.05) is 124 Å². The van der Waals surface area contributed by atoms with E-state index in [1.807, 2.05) is 56.1 Å². The minimum atomic E-state index is -0.541. The molecule has 0 saturated heterocycles. The number of aliphatic hydroxyl groups excluding tert-OH is 1. The molecule has 0 spiro atoms. The van der Waals surface area contributed by atoms with Gasteiger partial charge in [0.25, 0.3) is 0 Å². The second-order valence-corrected chi connectivity index (χ2v) is 17.2. The largest absolute Gasteiger partial charge is 0.791 e. The number of aliphatic hydroxyl groups is 1. The molecule has 7 unspecified atom stereocenters. The van der Waals surface area contributed by atoms with Gasteiger partial charge in [-0.25, -0.2) is 0 Å². The molecule has 11 heteroatoms. The predicted octanol–water partition coefficient (Wildman–Crippen LogP) is 9.24. The molecule has 59 heavy (non-hydrogen) atoms. The van der Waals surface area contributed by atoms with Gasteiger partial charge in [-0.3, -0.25) is 14.5 Å². The van der Waals surface area contributed by atoms with E-state index in [1.165, 1.54) is 17.7 Å². The molecule has 1 aromatic rings. The SMILES string of the molecule is C=C(NCC(=O)N(C)C(C(C)CC)C(C)CC(=C1CC1)N(CCCC)C(OC)C(C)C(=O)NC(Cc1ccccc1)/C(O)=C\CC)C(C(C)C)N(C)CC[S-].CCC.[Ir]. The van der Waals surface area contributed by atoms with Crippen molar-refractivity contribution in [2.45, 2.75) is 151 Å². The number of carbonyl (C=O) groups excluding carboxylic acids is 2. The molecule has 341 valence electrons. The van der Waals surface area contributed by atoms with Gasteiger partial charge in [0.05, 0.1) is 24.5 Å². The number of allylic oxidation sites excluding steroid dienone is 3. The van der Waals surface area contributed by atoms with Crippen LogP contribution in [0.3, 0.4) is 0 Å². The minimum Gasteiger partial charge on any atom is -0.791 e. The summed E-state index contributed by atoms with van der Waals surface area (Å²) in [7, 11) is 5.70. The summed E-state index contributed by atoms with van der Waals surface area (Å²) in [4.78, 5) is 34.5. The van der Waals surface area contributed by atoms with E-state index in [0.29, 0.717) is 24.5 Å². The quantitative estimate of drug-likeness (QED) is 0.0457. The first kappa shape index (κ1) is 56.7. The summed E-state index contributed by atoms with van der Waals surface area (Å²) in [6, 6.07) is 9.48. The van der Waals surface area contributed by atoms with Crippen molar-refractivity contribution in [1.29, 1.82) is 0 Å². The maximum Gasteiger partial charge on any atom is 0.241 e. The number of ether oxygens (including phenoxy) is 1. The smallest absolute Gasteiger partial charge is 0.241 e. The zero-order valence-corrected chi connectivity index (χ0v) is 42.4. The maximum absolute atomic E-state index is 14.1. The monoisotopic (exact) mass is 1020 g/mol. The molecule has 0 bridgehead atoms. The van der Waals surface area contributed by atoms with E-state index in [-0.39, 0.29) is 68.1 Å². The summed E-state index contributed by atoms with van der Waals surface area (Å²) < 4.78 is 6.24. The third-order valence-corrected chi connectivity index (χ3v) is 11.5. The van der Waals surface area contributed by atoms with Crippen molar-refractivity contribution in [3.8, 4) is 0 Å². The number of benzene rings is 1. The number of carbonyl (C=O) groups is 2. The van der Waals surface area contributed by atoms with Crippen LogP contribution in [0, 0.1) is 23.7 Å². The third kappa shape index (κ3) is 19.1. The summed E-state index contributed by atoms with van der Waals surface area (Å²) in [5.74, 6) is 0.920. The van der Waals surface area contributed by atoms with E-state index in [4.69, 9.17) is 17.4 Å². The van der Waals surface area contributed by atoms with Crippen LogP contribution in [-0.2, 0) is 53.5 Å². The second kappa shape index (κ2) is 30.7. The molecule has 1 aromatic carbocycles. The zero-order valence-electron chi connectivity index (χ0n) is 39.2. The van der Waals surface area contributed by atoms with Gasteiger partial charge in [0.15, 0.2) is 0 Å². The second-order valence-electron chi connectivity index (χ2n) is 16.8. The van der Waals surface area contributed by atoms with Crippen molar-refractivity contribution in [3.63, 3.8) is 0 Å². The van der Waals surface area contributed by atoms with E-state index in [2.05, 4.69) is 89.4 Å². The van der Waals surface area contributed by atoms with Gasteiger partial charge in [0, 0.05) is 58.2 Å². The Morgan fingerprint density at radius 2 is 1.59 bits per heavy atom. The van der Waals surface area contributed by atoms with Crippen LogP contribution in [0.25, 0.3) is 0 Å². The Labute approximate surface area is 380 Å². The van der Waals surface area contributed by atoms with Crippen LogP contribution in [0.2, 0.25) is 0 Å². The van der Waals surface area contributed by atoms with E-state index in [9.17, 15) is 14.7 Å². The Kier molecular flexibility index (Phi) is 29.5. The Balaban J connectivity index is 0.00000814. The van der Waals surface area contributed by atoms with Crippen LogP contribution >= 0.6 is 0 Å². The van der Waals surface area contributed by atoms with Crippen LogP contribution in [0.4, 0.5) is 0 Å². The number of likely N-dealkylation sites (N-methyl/N-ethyl adjacent to an activating group) is 2. The summed E-state index contributed by atoms with van der Waals surface area (Å²) >= 11 is 5.24. The normalized spacial score (nSPS) is 16.0. The van der Waals surface area contributed by atoms with Crippen LogP contribution in [-0.4, -0.2) is 103 Å². The van der Waals surface area contributed by atoms with Gasteiger partial charge >= 0.3 is 0 Å². The summed E-state index contributed by atoms with van der Waals surface area (Å²) in [5, 5.41) is 17.5. The van der Waals surface area contributed by atoms with Crippen molar-refractivity contribution in [3.05, 3.63) is 71.3 Å². The van der Waals surface area contributed by atoms with Crippen LogP contribution in [0.15, 0.2) is 65.7 Å². The number of nitrogens with one attached hydrogen (secondary N) is 2. The number of nitrogens with zero attached hydrogens (tertiary/aromatic N) is 3. The number of rotatable bonds is 27. The number of hydrogen-bond acceptors (Lipinski definition) is 8. The molecule has 9 nitrogen and oxygen atoms in total. The van der Waals surface area contributed by atoms with E-state index in [0.717, 1.165) is 62.9 Å². The number of hydrogen-bond donors (Lipinski definition) is 3. The minimum absolute atomic E-state index is 0. The first-order chi connectivity index (χ1) is 27.6. The Hall–Kier alpha value is -2.30. The molecule has 1 aliphatic carbocycles. The van der Waals surface area contributed by atoms with Crippen LogP contribution in [0.5, 0.6) is 0 Å². The molecule has 1 radical (unpaired) electrons. The van der Waals surface area contributed by atoms with Gasteiger partial charge in [-0.05, 0) is 88.4 Å². The fourth-order valence-electron chi connectivity index (χ4n) is 8.06. The average Bonchev–Trinajstić information content (AvgIpc) is 4.04. The molecule has 2 amide bonds. The predicted molar refractivity (Wildman–Crippen MR) is 247 cm³/mol. The molecular weight excluding hydrogens is 935 g/mol. The van der Waals surface area contributed by atoms with Crippen LogP contribution < -0.4 is 10.6 Å². The van der Waals surface area contributed by atoms with Crippen LogP contribution in [0.1, 0.15) is 126 Å². The first-order valence-corrected chi connectivity index (χ1v) is 22.9. The van der Waals surface area contributed by atoms with E-state index >= 15 is 0 Å². The summed E-state index contributed by atoms with van der Waals surface area (Å²) in [6.07, 6.45) is 9.42. The Morgan fingerprint density at radius 1 is 0.983 bits per heavy atom. The molecule has 1 fully saturated rings. The van der Waals surface area contributed by atoms with Gasteiger partial charge < -0.3 is 42.9 Å². The van der Waals surface area contributed by atoms with Crippen molar-refractivity contribution in [2.75, 3.05) is 46.6 Å². The molecule has 0 aromatic heterocycles. The van der Waals surface area contributed by atoms with E-state index < -0.39 is 18.2 Å². The number of unbranched alkanes of at least 4 members (excludes halogenated alkanes) is 1. The third-order valence-electron chi connectivity index (χ3n) is 11.3. The topological polar surface area (TPSA) is 97.4 Å². The molecule has 1 aliphatic rings. The molecule has 1 saturated carbocycles. The molecule has 0 heterocycles. The zero-order chi connectivity index (χ0) is 43.9. The standard InChI is InChI=1S/C45H77N5O4S.C3H8.Ir/c1-13-16-25-50(45(54-12)34(8)44(53)47-38(40(51)20-14-2)29-36-21-18-17-19-22-36)39(37-23-24-37)28-33(7)43(32(6)15-3)49(11)41(52)30-46-35(9)42(31(4)5)48(10)26-27-55;1-3-2;/h17-22,31-34,38,42-43,45-46,51,55H,9,13-16,23-30H2,1-8,10-12H3,(H,47,53);3H2,1-2H3;/p-1/b40-20+;;. The maximum atomic E-state index is 14.1. The molecular formula is C48H84IrN5O4S-. The summed E-state index contributed by atoms with van der Waals surface area (Å²) in [5.41, 5.74) is 4.53. The summed E-state index contributed by atoms with van der Waals surface area (Å²) in [6.45, 7) is 27.4.